The fraction of sp³-hybridized carbons (Fsp3) is 0.444. The highest BCUT2D eigenvalue weighted by molar-refractivity contribution is 5.93. The topological polar surface area (TPSA) is 54.9 Å². The molecule has 4 heteroatoms. The van der Waals surface area contributed by atoms with Crippen molar-refractivity contribution >= 4 is 5.91 Å². The SMILES string of the molecule is Cc1ncc(C(=O)NC2CC2)cn1. The second-order valence-corrected chi connectivity index (χ2v) is 3.27. The van der Waals surface area contributed by atoms with Crippen LogP contribution in [0.1, 0.15) is 29.0 Å². The van der Waals surface area contributed by atoms with Crippen molar-refractivity contribution in [3.05, 3.63) is 23.8 Å². The Morgan fingerprint density at radius 3 is 2.62 bits per heavy atom. The van der Waals surface area contributed by atoms with E-state index < -0.39 is 0 Å². The van der Waals surface area contributed by atoms with Gasteiger partial charge in [-0.1, -0.05) is 0 Å². The Balaban J connectivity index is 2.05. The molecule has 1 aromatic rings. The van der Waals surface area contributed by atoms with Crippen molar-refractivity contribution in [2.75, 3.05) is 0 Å². The zero-order chi connectivity index (χ0) is 9.26. The molecule has 0 unspecified atom stereocenters. The normalized spacial score (nSPS) is 15.5. The fourth-order valence-corrected chi connectivity index (χ4v) is 1.01. The average Bonchev–Trinajstić information content (AvgIpc) is 2.89. The minimum absolute atomic E-state index is 0.0671. The first-order valence-corrected chi connectivity index (χ1v) is 4.35. The van der Waals surface area contributed by atoms with Crippen LogP contribution >= 0.6 is 0 Å². The molecule has 0 spiro atoms. The van der Waals surface area contributed by atoms with E-state index in [1.807, 2.05) is 0 Å². The molecule has 13 heavy (non-hydrogen) atoms. The number of hydrogen-bond acceptors (Lipinski definition) is 3. The van der Waals surface area contributed by atoms with E-state index in [0.717, 1.165) is 12.8 Å². The summed E-state index contributed by atoms with van der Waals surface area (Å²) in [6, 6.07) is 0.383. The highest BCUT2D eigenvalue weighted by atomic mass is 16.1. The van der Waals surface area contributed by atoms with Gasteiger partial charge in [-0.3, -0.25) is 4.79 Å². The molecule has 1 heterocycles. The summed E-state index contributed by atoms with van der Waals surface area (Å²) in [5.74, 6) is 0.616. The zero-order valence-electron chi connectivity index (χ0n) is 7.45. The van der Waals surface area contributed by atoms with Gasteiger partial charge in [-0.15, -0.1) is 0 Å². The summed E-state index contributed by atoms with van der Waals surface area (Å²) < 4.78 is 0. The van der Waals surface area contributed by atoms with Crippen molar-refractivity contribution in [2.24, 2.45) is 0 Å². The van der Waals surface area contributed by atoms with E-state index in [9.17, 15) is 4.79 Å². The molecular weight excluding hydrogens is 166 g/mol. The lowest BCUT2D eigenvalue weighted by Crippen LogP contribution is -2.25. The van der Waals surface area contributed by atoms with E-state index in [2.05, 4.69) is 15.3 Å². The molecule has 1 saturated carbocycles. The Morgan fingerprint density at radius 2 is 2.08 bits per heavy atom. The summed E-state index contributed by atoms with van der Waals surface area (Å²) in [5, 5.41) is 2.87. The van der Waals surface area contributed by atoms with Crippen LogP contribution in [0.2, 0.25) is 0 Å². The van der Waals surface area contributed by atoms with E-state index in [4.69, 9.17) is 0 Å². The maximum atomic E-state index is 11.4. The van der Waals surface area contributed by atoms with Crippen LogP contribution in [0, 0.1) is 6.92 Å². The van der Waals surface area contributed by atoms with Gasteiger partial charge in [0.15, 0.2) is 0 Å². The smallest absolute Gasteiger partial charge is 0.254 e. The molecule has 0 radical (unpaired) electrons. The molecule has 0 aromatic carbocycles. The van der Waals surface area contributed by atoms with Crippen molar-refractivity contribution in [3.8, 4) is 0 Å². The van der Waals surface area contributed by atoms with Gasteiger partial charge < -0.3 is 5.32 Å². The van der Waals surface area contributed by atoms with E-state index >= 15 is 0 Å². The van der Waals surface area contributed by atoms with Gasteiger partial charge in [-0.05, 0) is 19.8 Å². The first-order chi connectivity index (χ1) is 6.25. The second-order valence-electron chi connectivity index (χ2n) is 3.27. The number of carbonyl (C=O) groups is 1. The highest BCUT2D eigenvalue weighted by Gasteiger charge is 2.23. The number of hydrogen-bond donors (Lipinski definition) is 1. The quantitative estimate of drug-likeness (QED) is 0.722. The van der Waals surface area contributed by atoms with Crippen LogP contribution in [0.15, 0.2) is 12.4 Å². The lowest BCUT2D eigenvalue weighted by atomic mass is 10.3. The number of amides is 1. The van der Waals surface area contributed by atoms with Gasteiger partial charge in [0.1, 0.15) is 5.82 Å². The molecule has 4 nitrogen and oxygen atoms in total. The Kier molecular flexibility index (Phi) is 1.96. The van der Waals surface area contributed by atoms with Gasteiger partial charge in [0, 0.05) is 18.4 Å². The number of rotatable bonds is 2. The highest BCUT2D eigenvalue weighted by Crippen LogP contribution is 2.18. The molecule has 1 N–H and O–H groups in total. The Morgan fingerprint density at radius 1 is 1.46 bits per heavy atom. The molecule has 0 saturated heterocycles. The molecule has 1 fully saturated rings. The number of aryl methyl sites for hydroxylation is 1. The molecule has 2 rings (SSSR count). The summed E-state index contributed by atoms with van der Waals surface area (Å²) in [6.45, 7) is 1.79. The van der Waals surface area contributed by atoms with E-state index in [1.54, 1.807) is 19.3 Å². The molecule has 0 atom stereocenters. The number of aromatic nitrogens is 2. The summed E-state index contributed by atoms with van der Waals surface area (Å²) in [5.41, 5.74) is 0.539. The monoisotopic (exact) mass is 177 g/mol. The predicted octanol–water partition coefficient (Wildman–Crippen LogP) is 0.677. The van der Waals surface area contributed by atoms with Gasteiger partial charge in [-0.2, -0.15) is 0 Å². The third-order valence-corrected chi connectivity index (χ3v) is 1.96. The molecule has 1 aliphatic rings. The average molecular weight is 177 g/mol. The Bertz CT molecular complexity index is 316. The van der Waals surface area contributed by atoms with Crippen molar-refractivity contribution in [1.82, 2.24) is 15.3 Å². The molecule has 1 amide bonds. The van der Waals surface area contributed by atoms with Crippen LogP contribution < -0.4 is 5.32 Å². The third-order valence-electron chi connectivity index (χ3n) is 1.96. The van der Waals surface area contributed by atoms with Crippen molar-refractivity contribution in [3.63, 3.8) is 0 Å². The largest absolute Gasteiger partial charge is 0.349 e. The third kappa shape index (κ3) is 2.02. The fourth-order valence-electron chi connectivity index (χ4n) is 1.01. The van der Waals surface area contributed by atoms with Crippen LogP contribution in [0.3, 0.4) is 0 Å². The summed E-state index contributed by atoms with van der Waals surface area (Å²) >= 11 is 0. The number of nitrogens with one attached hydrogen (secondary N) is 1. The number of nitrogens with zero attached hydrogens (tertiary/aromatic N) is 2. The molecular formula is C9H11N3O. The van der Waals surface area contributed by atoms with Gasteiger partial charge in [0.25, 0.3) is 5.91 Å². The molecule has 0 bridgehead atoms. The maximum absolute atomic E-state index is 11.4. The minimum Gasteiger partial charge on any atom is -0.349 e. The Hall–Kier alpha value is -1.45. The van der Waals surface area contributed by atoms with Crippen LogP contribution in [-0.2, 0) is 0 Å². The van der Waals surface area contributed by atoms with E-state index in [0.29, 0.717) is 17.4 Å². The van der Waals surface area contributed by atoms with Crippen molar-refractivity contribution in [1.29, 1.82) is 0 Å². The van der Waals surface area contributed by atoms with Crippen LogP contribution in [0.5, 0.6) is 0 Å². The standard InChI is InChI=1S/C9H11N3O/c1-6-10-4-7(5-11-6)9(13)12-8-2-3-8/h4-5,8H,2-3H2,1H3,(H,12,13). The van der Waals surface area contributed by atoms with Gasteiger partial charge >= 0.3 is 0 Å². The van der Waals surface area contributed by atoms with Gasteiger partial charge in [-0.25, -0.2) is 9.97 Å². The summed E-state index contributed by atoms with van der Waals surface area (Å²) in [6.07, 6.45) is 5.30. The second kappa shape index (κ2) is 3.12. The maximum Gasteiger partial charge on any atom is 0.254 e. The minimum atomic E-state index is -0.0671. The summed E-state index contributed by atoms with van der Waals surface area (Å²) in [7, 11) is 0. The first-order valence-electron chi connectivity index (χ1n) is 4.35. The molecule has 68 valence electrons. The van der Waals surface area contributed by atoms with Gasteiger partial charge in [0.2, 0.25) is 0 Å². The van der Waals surface area contributed by atoms with E-state index in [1.165, 1.54) is 0 Å². The van der Waals surface area contributed by atoms with Crippen molar-refractivity contribution in [2.45, 2.75) is 25.8 Å². The lowest BCUT2D eigenvalue weighted by Gasteiger charge is -2.01. The first kappa shape index (κ1) is 8.16. The molecule has 1 aliphatic carbocycles. The lowest BCUT2D eigenvalue weighted by molar-refractivity contribution is 0.0950. The predicted molar refractivity (Wildman–Crippen MR) is 47.3 cm³/mol. The molecule has 0 aliphatic heterocycles. The van der Waals surface area contributed by atoms with E-state index in [-0.39, 0.29) is 5.91 Å². The van der Waals surface area contributed by atoms with Crippen LogP contribution in [0.4, 0.5) is 0 Å². The van der Waals surface area contributed by atoms with Gasteiger partial charge in [0.05, 0.1) is 5.56 Å². The zero-order valence-corrected chi connectivity index (χ0v) is 7.45. The van der Waals surface area contributed by atoms with Crippen molar-refractivity contribution < 1.29 is 4.79 Å². The van der Waals surface area contributed by atoms with Crippen LogP contribution in [0.25, 0.3) is 0 Å². The van der Waals surface area contributed by atoms with Crippen LogP contribution in [-0.4, -0.2) is 21.9 Å². The summed E-state index contributed by atoms with van der Waals surface area (Å²) in [4.78, 5) is 19.3. The number of carbonyl (C=O) groups excluding carboxylic acids is 1. The molecule has 1 aromatic heterocycles. The Labute approximate surface area is 76.4 Å².